The largest absolute Gasteiger partial charge is 0.383 e. The lowest BCUT2D eigenvalue weighted by atomic mass is 10.3. The van der Waals surface area contributed by atoms with Crippen molar-refractivity contribution in [1.29, 1.82) is 0 Å². The van der Waals surface area contributed by atoms with Crippen molar-refractivity contribution in [1.82, 2.24) is 5.32 Å². The molecule has 0 aliphatic carbocycles. The summed E-state index contributed by atoms with van der Waals surface area (Å²) in [7, 11) is 1.54. The Hall–Kier alpha value is -1.34. The van der Waals surface area contributed by atoms with E-state index in [2.05, 4.69) is 10.6 Å². The van der Waals surface area contributed by atoms with E-state index in [4.69, 9.17) is 4.74 Å². The fourth-order valence-electron chi connectivity index (χ4n) is 1.34. The second kappa shape index (κ2) is 8.71. The highest BCUT2D eigenvalue weighted by atomic mass is 32.2. The molecule has 0 bridgehead atoms. The molecule has 1 amide bonds. The zero-order valence-electron chi connectivity index (χ0n) is 10.5. The molecule has 0 heterocycles. The average Bonchev–Trinajstić information content (AvgIpc) is 2.37. The lowest BCUT2D eigenvalue weighted by Gasteiger charge is -2.11. The minimum Gasteiger partial charge on any atom is -0.383 e. The van der Waals surface area contributed by atoms with E-state index in [0.29, 0.717) is 35.5 Å². The van der Waals surface area contributed by atoms with Crippen LogP contribution in [0.4, 0.5) is 14.5 Å². The van der Waals surface area contributed by atoms with Crippen LogP contribution >= 0.6 is 11.8 Å². The zero-order chi connectivity index (χ0) is 14.1. The maximum absolute atomic E-state index is 12.3. The van der Waals surface area contributed by atoms with Crippen molar-refractivity contribution in [3.63, 3.8) is 0 Å². The van der Waals surface area contributed by atoms with Gasteiger partial charge in [-0.05, 0) is 12.1 Å². The number of hydrogen-bond donors (Lipinski definition) is 2. The van der Waals surface area contributed by atoms with Crippen molar-refractivity contribution in [2.24, 2.45) is 0 Å². The van der Waals surface area contributed by atoms with Gasteiger partial charge in [-0.15, -0.1) is 0 Å². The van der Waals surface area contributed by atoms with Gasteiger partial charge in [0.1, 0.15) is 0 Å². The number of alkyl halides is 2. The molecule has 0 fully saturated rings. The van der Waals surface area contributed by atoms with Gasteiger partial charge in [-0.1, -0.05) is 23.9 Å². The fourth-order valence-corrected chi connectivity index (χ4v) is 1.96. The molecule has 0 unspecified atom stereocenters. The molecule has 7 heteroatoms. The Morgan fingerprint density at radius 3 is 2.84 bits per heavy atom. The number of nitrogens with one attached hydrogen (secondary N) is 2. The number of halogens is 2. The maximum Gasteiger partial charge on any atom is 0.288 e. The average molecular weight is 290 g/mol. The van der Waals surface area contributed by atoms with Crippen molar-refractivity contribution in [3.05, 3.63) is 24.3 Å². The number of carbonyl (C=O) groups excluding carboxylic acids is 1. The van der Waals surface area contributed by atoms with Crippen molar-refractivity contribution in [2.45, 2.75) is 10.7 Å². The molecule has 0 radical (unpaired) electrons. The predicted octanol–water partition coefficient (Wildman–Crippen LogP) is 2.18. The normalized spacial score (nSPS) is 10.5. The molecule has 1 rings (SSSR count). The van der Waals surface area contributed by atoms with Crippen LogP contribution in [0.2, 0.25) is 0 Å². The van der Waals surface area contributed by atoms with Gasteiger partial charge in [-0.2, -0.15) is 8.78 Å². The molecule has 1 aromatic rings. The van der Waals surface area contributed by atoms with Crippen LogP contribution in [-0.2, 0) is 9.53 Å². The molecule has 0 saturated carbocycles. The van der Waals surface area contributed by atoms with Gasteiger partial charge in [0.15, 0.2) is 0 Å². The Balaban J connectivity index is 2.46. The van der Waals surface area contributed by atoms with Gasteiger partial charge >= 0.3 is 0 Å². The van der Waals surface area contributed by atoms with E-state index in [0.717, 1.165) is 0 Å². The molecular formula is C12H16F2N2O2S. The number of benzene rings is 1. The van der Waals surface area contributed by atoms with Crippen LogP contribution in [0, 0.1) is 0 Å². The van der Waals surface area contributed by atoms with E-state index in [9.17, 15) is 13.6 Å². The van der Waals surface area contributed by atoms with Crippen molar-refractivity contribution >= 4 is 23.4 Å². The van der Waals surface area contributed by atoms with Crippen LogP contribution in [0.15, 0.2) is 29.2 Å². The Labute approximate surface area is 114 Å². The predicted molar refractivity (Wildman–Crippen MR) is 71.7 cm³/mol. The second-order valence-corrected chi connectivity index (χ2v) is 4.60. The Morgan fingerprint density at radius 2 is 2.16 bits per heavy atom. The Bertz CT molecular complexity index is 405. The van der Waals surface area contributed by atoms with Crippen LogP contribution in [-0.4, -0.2) is 38.5 Å². The first-order valence-corrected chi connectivity index (χ1v) is 6.54. The summed E-state index contributed by atoms with van der Waals surface area (Å²) in [5.74, 6) is -2.70. The standard InChI is InChI=1S/C12H16F2N2O2S/c1-18-7-6-15-11(17)8-16-9-4-2-3-5-10(9)19-12(13)14/h2-5,12,16H,6-8H2,1H3,(H,15,17). The van der Waals surface area contributed by atoms with Crippen molar-refractivity contribution in [2.75, 3.05) is 32.1 Å². The van der Waals surface area contributed by atoms with E-state index in [1.807, 2.05) is 0 Å². The summed E-state index contributed by atoms with van der Waals surface area (Å²) in [6.45, 7) is 0.887. The van der Waals surface area contributed by atoms with Crippen molar-refractivity contribution < 1.29 is 18.3 Å². The van der Waals surface area contributed by atoms with Gasteiger partial charge in [-0.25, -0.2) is 0 Å². The molecule has 0 aliphatic rings. The molecule has 19 heavy (non-hydrogen) atoms. The second-order valence-electron chi connectivity index (χ2n) is 3.57. The topological polar surface area (TPSA) is 50.4 Å². The quantitative estimate of drug-likeness (QED) is 0.569. The van der Waals surface area contributed by atoms with Crippen LogP contribution < -0.4 is 10.6 Å². The van der Waals surface area contributed by atoms with E-state index in [-0.39, 0.29) is 12.5 Å². The SMILES string of the molecule is COCCNC(=O)CNc1ccccc1SC(F)F. The summed E-state index contributed by atoms with van der Waals surface area (Å²) < 4.78 is 29.5. The number of anilines is 1. The van der Waals surface area contributed by atoms with Gasteiger partial charge in [-0.3, -0.25) is 4.79 Å². The van der Waals surface area contributed by atoms with E-state index in [1.165, 1.54) is 0 Å². The van der Waals surface area contributed by atoms with Gasteiger partial charge in [0, 0.05) is 24.2 Å². The summed E-state index contributed by atoms with van der Waals surface area (Å²) >= 11 is 0.451. The highest BCUT2D eigenvalue weighted by Gasteiger charge is 2.10. The smallest absolute Gasteiger partial charge is 0.288 e. The molecule has 0 atom stereocenters. The number of hydrogen-bond acceptors (Lipinski definition) is 4. The lowest BCUT2D eigenvalue weighted by Crippen LogP contribution is -2.32. The number of thioether (sulfide) groups is 1. The first-order valence-electron chi connectivity index (χ1n) is 5.67. The minimum absolute atomic E-state index is 0.0323. The maximum atomic E-state index is 12.3. The number of methoxy groups -OCH3 is 1. The molecule has 0 aliphatic heterocycles. The summed E-state index contributed by atoms with van der Waals surface area (Å²) in [6, 6.07) is 6.64. The summed E-state index contributed by atoms with van der Waals surface area (Å²) in [6.07, 6.45) is 0. The number of rotatable bonds is 8. The first-order chi connectivity index (χ1) is 9.13. The van der Waals surface area contributed by atoms with Crippen molar-refractivity contribution in [3.8, 4) is 0 Å². The molecule has 4 nitrogen and oxygen atoms in total. The van der Waals surface area contributed by atoms with Crippen LogP contribution in [0.25, 0.3) is 0 Å². The van der Waals surface area contributed by atoms with E-state index >= 15 is 0 Å². The zero-order valence-corrected chi connectivity index (χ0v) is 11.3. The molecular weight excluding hydrogens is 274 g/mol. The number of para-hydroxylation sites is 1. The number of carbonyl (C=O) groups is 1. The Morgan fingerprint density at radius 1 is 1.42 bits per heavy atom. The van der Waals surface area contributed by atoms with E-state index < -0.39 is 5.76 Å². The van der Waals surface area contributed by atoms with Crippen LogP contribution in [0.3, 0.4) is 0 Å². The monoisotopic (exact) mass is 290 g/mol. The molecule has 0 saturated heterocycles. The highest BCUT2D eigenvalue weighted by Crippen LogP contribution is 2.31. The fraction of sp³-hybridized carbons (Fsp3) is 0.417. The van der Waals surface area contributed by atoms with E-state index in [1.54, 1.807) is 31.4 Å². The van der Waals surface area contributed by atoms with Gasteiger partial charge in [0.2, 0.25) is 5.91 Å². The van der Waals surface area contributed by atoms with Crippen LogP contribution in [0.5, 0.6) is 0 Å². The molecule has 0 spiro atoms. The Kier molecular flexibility index (Phi) is 7.20. The van der Waals surface area contributed by atoms with Gasteiger partial charge in [0.05, 0.1) is 13.2 Å². The molecule has 0 aromatic heterocycles. The highest BCUT2D eigenvalue weighted by molar-refractivity contribution is 7.99. The minimum atomic E-state index is -2.49. The molecule has 1 aromatic carbocycles. The third-order valence-corrected chi connectivity index (χ3v) is 2.96. The third-order valence-electron chi connectivity index (χ3n) is 2.17. The lowest BCUT2D eigenvalue weighted by molar-refractivity contribution is -0.119. The summed E-state index contributed by atoms with van der Waals surface area (Å²) in [5.41, 5.74) is 0.523. The summed E-state index contributed by atoms with van der Waals surface area (Å²) in [5, 5.41) is 5.47. The third kappa shape index (κ3) is 6.40. The van der Waals surface area contributed by atoms with Gasteiger partial charge in [0.25, 0.3) is 5.76 Å². The van der Waals surface area contributed by atoms with Gasteiger partial charge < -0.3 is 15.4 Å². The first kappa shape index (κ1) is 15.7. The summed E-state index contributed by atoms with van der Waals surface area (Å²) in [4.78, 5) is 11.9. The number of amides is 1. The molecule has 106 valence electrons. The molecule has 2 N–H and O–H groups in total. The van der Waals surface area contributed by atoms with Crippen LogP contribution in [0.1, 0.15) is 0 Å². The number of ether oxygens (including phenoxy) is 1.